The minimum atomic E-state index is 0.301. The van der Waals surface area contributed by atoms with Crippen LogP contribution in [0, 0.1) is 0 Å². The van der Waals surface area contributed by atoms with Gasteiger partial charge in [0.1, 0.15) is 0 Å². The van der Waals surface area contributed by atoms with Crippen molar-refractivity contribution in [3.63, 3.8) is 0 Å². The van der Waals surface area contributed by atoms with Crippen LogP contribution in [-0.4, -0.2) is 35.2 Å². The summed E-state index contributed by atoms with van der Waals surface area (Å²) in [7, 11) is 0. The summed E-state index contributed by atoms with van der Waals surface area (Å²) in [5.74, 6) is 1.22. The highest BCUT2D eigenvalue weighted by atomic mass is 32.2. The van der Waals surface area contributed by atoms with E-state index in [1.54, 1.807) is 0 Å². The summed E-state index contributed by atoms with van der Waals surface area (Å²) in [4.78, 5) is 4.82. The SMILES string of the molecule is CC1OCCC1N=C1NC2(CCCC2)CS1. The van der Waals surface area contributed by atoms with Gasteiger partial charge in [0.25, 0.3) is 0 Å². The van der Waals surface area contributed by atoms with Crippen LogP contribution in [0.1, 0.15) is 39.0 Å². The minimum Gasteiger partial charge on any atom is -0.376 e. The van der Waals surface area contributed by atoms with Crippen molar-refractivity contribution in [2.24, 2.45) is 4.99 Å². The molecule has 3 fully saturated rings. The molecule has 1 saturated carbocycles. The topological polar surface area (TPSA) is 33.6 Å². The molecule has 1 spiro atoms. The minimum absolute atomic E-state index is 0.301. The van der Waals surface area contributed by atoms with Gasteiger partial charge in [0.05, 0.1) is 12.1 Å². The van der Waals surface area contributed by atoms with E-state index >= 15 is 0 Å². The Kier molecular flexibility index (Phi) is 2.88. The largest absolute Gasteiger partial charge is 0.376 e. The second kappa shape index (κ2) is 4.22. The highest BCUT2D eigenvalue weighted by Gasteiger charge is 2.40. The molecule has 0 amide bonds. The molecule has 0 bridgehead atoms. The van der Waals surface area contributed by atoms with E-state index in [0.717, 1.165) is 13.0 Å². The highest BCUT2D eigenvalue weighted by Crippen LogP contribution is 2.37. The first kappa shape index (κ1) is 10.9. The predicted octanol–water partition coefficient (Wildman–Crippen LogP) is 2.17. The first-order valence-corrected chi connectivity index (χ1v) is 7.36. The molecule has 1 N–H and O–H groups in total. The van der Waals surface area contributed by atoms with E-state index in [4.69, 9.17) is 9.73 Å². The molecule has 3 nitrogen and oxygen atoms in total. The van der Waals surface area contributed by atoms with Crippen molar-refractivity contribution < 1.29 is 4.74 Å². The Labute approximate surface area is 101 Å². The standard InChI is InChI=1S/C12H20N2OS/c1-9-10(4-7-15-9)13-11-14-12(8-16-11)5-2-3-6-12/h9-10H,2-8H2,1H3,(H,13,14). The molecule has 0 aromatic rings. The van der Waals surface area contributed by atoms with Crippen LogP contribution in [-0.2, 0) is 4.74 Å². The van der Waals surface area contributed by atoms with Crippen molar-refractivity contribution in [2.75, 3.05) is 12.4 Å². The van der Waals surface area contributed by atoms with Gasteiger partial charge in [-0.15, -0.1) is 0 Å². The number of hydrogen-bond acceptors (Lipinski definition) is 3. The van der Waals surface area contributed by atoms with Crippen molar-refractivity contribution in [1.29, 1.82) is 0 Å². The molecule has 2 heterocycles. The molecule has 2 aliphatic heterocycles. The Morgan fingerprint density at radius 2 is 2.25 bits per heavy atom. The fourth-order valence-corrected chi connectivity index (χ4v) is 4.21. The van der Waals surface area contributed by atoms with Gasteiger partial charge < -0.3 is 10.1 Å². The summed E-state index contributed by atoms with van der Waals surface area (Å²) in [5.41, 5.74) is 0.395. The molecular weight excluding hydrogens is 220 g/mol. The van der Waals surface area contributed by atoms with E-state index in [1.165, 1.54) is 36.6 Å². The Hall–Kier alpha value is -0.220. The Morgan fingerprint density at radius 1 is 1.44 bits per heavy atom. The summed E-state index contributed by atoms with van der Waals surface area (Å²) in [6.07, 6.45) is 6.80. The maximum absolute atomic E-state index is 5.55. The highest BCUT2D eigenvalue weighted by molar-refractivity contribution is 8.14. The summed E-state index contributed by atoms with van der Waals surface area (Å²) in [6, 6.07) is 0.381. The van der Waals surface area contributed by atoms with Gasteiger partial charge in [0, 0.05) is 17.9 Å². The number of nitrogens with zero attached hydrogens (tertiary/aromatic N) is 1. The van der Waals surface area contributed by atoms with E-state index in [0.29, 0.717) is 17.7 Å². The average Bonchev–Trinajstić information content (AvgIpc) is 2.96. The zero-order valence-corrected chi connectivity index (χ0v) is 10.7. The lowest BCUT2D eigenvalue weighted by Gasteiger charge is -2.22. The maximum Gasteiger partial charge on any atom is 0.157 e. The number of hydrogen-bond donors (Lipinski definition) is 1. The van der Waals surface area contributed by atoms with E-state index in [1.807, 2.05) is 11.8 Å². The Morgan fingerprint density at radius 3 is 2.94 bits per heavy atom. The second-order valence-electron chi connectivity index (χ2n) is 5.27. The number of rotatable bonds is 1. The fraction of sp³-hybridized carbons (Fsp3) is 0.917. The molecule has 0 aromatic carbocycles. The van der Waals surface area contributed by atoms with Gasteiger partial charge in [0.15, 0.2) is 5.17 Å². The number of amidine groups is 1. The van der Waals surface area contributed by atoms with Crippen molar-refractivity contribution >= 4 is 16.9 Å². The molecule has 2 atom stereocenters. The van der Waals surface area contributed by atoms with Gasteiger partial charge in [-0.25, -0.2) is 0 Å². The second-order valence-corrected chi connectivity index (χ2v) is 6.23. The lowest BCUT2D eigenvalue weighted by molar-refractivity contribution is 0.119. The van der Waals surface area contributed by atoms with Crippen LogP contribution < -0.4 is 5.32 Å². The lowest BCUT2D eigenvalue weighted by atomic mass is 10.0. The van der Waals surface area contributed by atoms with E-state index in [2.05, 4.69) is 12.2 Å². The number of thioether (sulfide) groups is 1. The smallest absolute Gasteiger partial charge is 0.157 e. The predicted molar refractivity (Wildman–Crippen MR) is 68.0 cm³/mol. The van der Waals surface area contributed by atoms with E-state index in [-0.39, 0.29) is 0 Å². The number of ether oxygens (including phenoxy) is 1. The number of nitrogens with one attached hydrogen (secondary N) is 1. The van der Waals surface area contributed by atoms with E-state index in [9.17, 15) is 0 Å². The van der Waals surface area contributed by atoms with Crippen molar-refractivity contribution in [1.82, 2.24) is 5.32 Å². The molecule has 4 heteroatoms. The van der Waals surface area contributed by atoms with Gasteiger partial charge in [0.2, 0.25) is 0 Å². The van der Waals surface area contributed by atoms with Crippen LogP contribution in [0.2, 0.25) is 0 Å². The average molecular weight is 240 g/mol. The van der Waals surface area contributed by atoms with Gasteiger partial charge >= 0.3 is 0 Å². The zero-order chi connectivity index (χ0) is 11.0. The van der Waals surface area contributed by atoms with Gasteiger partial charge in [-0.3, -0.25) is 4.99 Å². The fourth-order valence-electron chi connectivity index (χ4n) is 2.94. The molecule has 3 aliphatic rings. The summed E-state index contributed by atoms with van der Waals surface area (Å²) in [5, 5.41) is 4.84. The van der Waals surface area contributed by atoms with Crippen LogP contribution in [0.3, 0.4) is 0 Å². The quantitative estimate of drug-likeness (QED) is 0.762. The molecule has 2 saturated heterocycles. The van der Waals surface area contributed by atoms with Gasteiger partial charge in [-0.1, -0.05) is 24.6 Å². The first-order valence-electron chi connectivity index (χ1n) is 6.38. The summed E-state index contributed by atoms with van der Waals surface area (Å²) < 4.78 is 5.55. The monoisotopic (exact) mass is 240 g/mol. The molecule has 90 valence electrons. The zero-order valence-electron chi connectivity index (χ0n) is 9.87. The van der Waals surface area contributed by atoms with Crippen LogP contribution in [0.5, 0.6) is 0 Å². The number of aliphatic imine (C=N–C) groups is 1. The van der Waals surface area contributed by atoms with Gasteiger partial charge in [-0.05, 0) is 26.2 Å². The molecule has 0 radical (unpaired) electrons. The molecule has 0 aromatic heterocycles. The summed E-state index contributed by atoms with van der Waals surface area (Å²) >= 11 is 1.91. The normalized spacial score (nSPS) is 39.7. The van der Waals surface area contributed by atoms with Crippen LogP contribution >= 0.6 is 11.8 Å². The third kappa shape index (κ3) is 1.97. The Balaban J connectivity index is 1.66. The van der Waals surface area contributed by atoms with Crippen LogP contribution in [0.15, 0.2) is 4.99 Å². The van der Waals surface area contributed by atoms with Crippen molar-refractivity contribution in [3.05, 3.63) is 0 Å². The molecule has 3 rings (SSSR count). The molecular formula is C12H20N2OS. The van der Waals surface area contributed by atoms with Crippen LogP contribution in [0.4, 0.5) is 0 Å². The first-order chi connectivity index (χ1) is 7.77. The van der Waals surface area contributed by atoms with Gasteiger partial charge in [-0.2, -0.15) is 0 Å². The van der Waals surface area contributed by atoms with E-state index < -0.39 is 0 Å². The third-order valence-electron chi connectivity index (χ3n) is 4.04. The maximum atomic E-state index is 5.55. The summed E-state index contributed by atoms with van der Waals surface area (Å²) in [6.45, 7) is 3.01. The van der Waals surface area contributed by atoms with Crippen molar-refractivity contribution in [3.8, 4) is 0 Å². The molecule has 16 heavy (non-hydrogen) atoms. The molecule has 1 aliphatic carbocycles. The molecule has 2 unspecified atom stereocenters. The van der Waals surface area contributed by atoms with Crippen molar-refractivity contribution in [2.45, 2.75) is 56.7 Å². The lowest BCUT2D eigenvalue weighted by Crippen LogP contribution is -2.41. The van der Waals surface area contributed by atoms with Crippen LogP contribution in [0.25, 0.3) is 0 Å². The Bertz CT molecular complexity index is 299. The third-order valence-corrected chi connectivity index (χ3v) is 5.22.